The van der Waals surface area contributed by atoms with Crippen molar-refractivity contribution in [3.05, 3.63) is 28.3 Å². The SMILES string of the molecule is CC1CCCCC1N1Cc2c(ccc(OCCCC(=O)O)c2Cl)C1=O. The summed E-state index contributed by atoms with van der Waals surface area (Å²) in [6.07, 6.45) is 5.11. The molecule has 2 atom stereocenters. The molecule has 2 unspecified atom stereocenters. The molecule has 0 bridgehead atoms. The van der Waals surface area contributed by atoms with E-state index in [-0.39, 0.29) is 18.4 Å². The number of carboxylic acids is 1. The Bertz CT molecular complexity index is 676. The molecule has 136 valence electrons. The van der Waals surface area contributed by atoms with E-state index in [9.17, 15) is 9.59 Å². The van der Waals surface area contributed by atoms with Crippen LogP contribution < -0.4 is 4.74 Å². The predicted molar refractivity (Wildman–Crippen MR) is 95.1 cm³/mol. The number of fused-ring (bicyclic) bond motifs is 1. The first-order chi connectivity index (χ1) is 12.0. The monoisotopic (exact) mass is 365 g/mol. The van der Waals surface area contributed by atoms with Crippen molar-refractivity contribution in [1.82, 2.24) is 4.90 Å². The van der Waals surface area contributed by atoms with Gasteiger partial charge in [-0.1, -0.05) is 31.4 Å². The van der Waals surface area contributed by atoms with E-state index in [1.54, 1.807) is 12.1 Å². The molecule has 1 aromatic rings. The highest BCUT2D eigenvalue weighted by Gasteiger charge is 2.37. The van der Waals surface area contributed by atoms with Crippen LogP contribution in [0.25, 0.3) is 0 Å². The Labute approximate surface area is 152 Å². The molecule has 2 aliphatic rings. The van der Waals surface area contributed by atoms with E-state index in [0.29, 0.717) is 41.8 Å². The minimum Gasteiger partial charge on any atom is -0.492 e. The summed E-state index contributed by atoms with van der Waals surface area (Å²) >= 11 is 6.48. The fourth-order valence-electron chi connectivity index (χ4n) is 3.90. The van der Waals surface area contributed by atoms with Crippen LogP contribution in [0, 0.1) is 5.92 Å². The molecule has 1 amide bonds. The van der Waals surface area contributed by atoms with E-state index >= 15 is 0 Å². The van der Waals surface area contributed by atoms with Gasteiger partial charge in [-0.3, -0.25) is 9.59 Å². The zero-order chi connectivity index (χ0) is 18.0. The summed E-state index contributed by atoms with van der Waals surface area (Å²) in [6.45, 7) is 3.05. The Morgan fingerprint density at radius 1 is 1.36 bits per heavy atom. The van der Waals surface area contributed by atoms with Gasteiger partial charge in [0.1, 0.15) is 5.75 Å². The molecule has 6 heteroatoms. The van der Waals surface area contributed by atoms with Gasteiger partial charge in [0.05, 0.1) is 11.6 Å². The van der Waals surface area contributed by atoms with E-state index in [1.807, 2.05) is 4.90 Å². The van der Waals surface area contributed by atoms with Crippen LogP contribution in [-0.4, -0.2) is 34.5 Å². The number of amides is 1. The van der Waals surface area contributed by atoms with Gasteiger partial charge < -0.3 is 14.7 Å². The molecular weight excluding hydrogens is 342 g/mol. The van der Waals surface area contributed by atoms with Gasteiger partial charge in [-0.2, -0.15) is 0 Å². The molecule has 1 aromatic carbocycles. The summed E-state index contributed by atoms with van der Waals surface area (Å²) in [5, 5.41) is 9.15. The highest BCUT2D eigenvalue weighted by molar-refractivity contribution is 6.33. The molecule has 5 nitrogen and oxygen atoms in total. The molecule has 3 rings (SSSR count). The lowest BCUT2D eigenvalue weighted by molar-refractivity contribution is -0.137. The Morgan fingerprint density at radius 2 is 2.12 bits per heavy atom. The topological polar surface area (TPSA) is 66.8 Å². The number of ether oxygens (including phenoxy) is 1. The first-order valence-corrected chi connectivity index (χ1v) is 9.33. The van der Waals surface area contributed by atoms with E-state index in [1.165, 1.54) is 12.8 Å². The second-order valence-electron chi connectivity index (χ2n) is 7.01. The zero-order valence-corrected chi connectivity index (χ0v) is 15.2. The van der Waals surface area contributed by atoms with Gasteiger partial charge >= 0.3 is 5.97 Å². The summed E-state index contributed by atoms with van der Waals surface area (Å²) in [5.41, 5.74) is 1.50. The maximum absolute atomic E-state index is 12.8. The van der Waals surface area contributed by atoms with Crippen LogP contribution in [0.5, 0.6) is 5.75 Å². The lowest BCUT2D eigenvalue weighted by Gasteiger charge is -2.36. The van der Waals surface area contributed by atoms with Gasteiger partial charge in [0.15, 0.2) is 0 Å². The molecule has 1 aliphatic heterocycles. The van der Waals surface area contributed by atoms with Gasteiger partial charge in [-0.05, 0) is 37.3 Å². The first-order valence-electron chi connectivity index (χ1n) is 8.96. The largest absolute Gasteiger partial charge is 0.492 e. The summed E-state index contributed by atoms with van der Waals surface area (Å²) in [5.74, 6) is 0.259. The minimum absolute atomic E-state index is 0.0630. The van der Waals surface area contributed by atoms with E-state index in [4.69, 9.17) is 21.4 Å². The molecule has 1 N–H and O–H groups in total. The molecule has 1 fully saturated rings. The number of halogens is 1. The molecule has 1 saturated carbocycles. The van der Waals surface area contributed by atoms with Crippen LogP contribution >= 0.6 is 11.6 Å². The standard InChI is InChI=1S/C19H24ClNO4/c1-12-5-2-3-6-15(12)21-11-14-13(19(21)24)8-9-16(18(14)20)25-10-4-7-17(22)23/h8-9,12,15H,2-7,10-11H2,1H3,(H,22,23). The minimum atomic E-state index is -0.841. The van der Waals surface area contributed by atoms with Crippen molar-refractivity contribution in [2.45, 2.75) is 58.0 Å². The number of nitrogens with zero attached hydrogens (tertiary/aromatic N) is 1. The number of aliphatic carboxylic acids is 1. The highest BCUT2D eigenvalue weighted by atomic mass is 35.5. The number of rotatable bonds is 6. The Morgan fingerprint density at radius 3 is 2.84 bits per heavy atom. The molecule has 1 heterocycles. The molecule has 0 aromatic heterocycles. The van der Waals surface area contributed by atoms with E-state index < -0.39 is 5.97 Å². The number of hydrogen-bond acceptors (Lipinski definition) is 3. The van der Waals surface area contributed by atoms with Crippen molar-refractivity contribution in [3.63, 3.8) is 0 Å². The zero-order valence-electron chi connectivity index (χ0n) is 14.5. The van der Waals surface area contributed by atoms with Crippen LogP contribution in [0.15, 0.2) is 12.1 Å². The average Bonchev–Trinajstić information content (AvgIpc) is 2.91. The maximum Gasteiger partial charge on any atom is 0.303 e. The highest BCUT2D eigenvalue weighted by Crippen LogP contribution is 2.39. The Kier molecular flexibility index (Phi) is 5.52. The third-order valence-corrected chi connectivity index (χ3v) is 5.70. The summed E-state index contributed by atoms with van der Waals surface area (Å²) in [6, 6.07) is 3.78. The third-order valence-electron chi connectivity index (χ3n) is 5.29. The summed E-state index contributed by atoms with van der Waals surface area (Å²) in [4.78, 5) is 25.3. The Hall–Kier alpha value is -1.75. The van der Waals surface area contributed by atoms with E-state index in [0.717, 1.165) is 18.4 Å². The fourth-order valence-corrected chi connectivity index (χ4v) is 4.18. The predicted octanol–water partition coefficient (Wildman–Crippen LogP) is 4.12. The number of benzene rings is 1. The fraction of sp³-hybridized carbons (Fsp3) is 0.579. The van der Waals surface area contributed by atoms with Crippen molar-refractivity contribution in [1.29, 1.82) is 0 Å². The summed E-state index contributed by atoms with van der Waals surface area (Å²) in [7, 11) is 0. The normalized spacial score (nSPS) is 22.8. The second-order valence-corrected chi connectivity index (χ2v) is 7.39. The van der Waals surface area contributed by atoms with Crippen molar-refractivity contribution in [2.75, 3.05) is 6.61 Å². The number of carbonyl (C=O) groups excluding carboxylic acids is 1. The maximum atomic E-state index is 12.8. The number of hydrogen-bond donors (Lipinski definition) is 1. The van der Waals surface area contributed by atoms with Gasteiger partial charge in [-0.15, -0.1) is 0 Å². The van der Waals surface area contributed by atoms with Crippen molar-refractivity contribution in [2.24, 2.45) is 5.92 Å². The Balaban J connectivity index is 1.72. The molecule has 1 aliphatic carbocycles. The number of carbonyl (C=O) groups is 2. The molecular formula is C19H24ClNO4. The van der Waals surface area contributed by atoms with Crippen molar-refractivity contribution < 1.29 is 19.4 Å². The smallest absolute Gasteiger partial charge is 0.303 e. The van der Waals surface area contributed by atoms with Gasteiger partial charge in [0, 0.05) is 30.1 Å². The molecule has 25 heavy (non-hydrogen) atoms. The lowest BCUT2D eigenvalue weighted by Crippen LogP contribution is -2.41. The van der Waals surface area contributed by atoms with Crippen LogP contribution in [-0.2, 0) is 11.3 Å². The van der Waals surface area contributed by atoms with Crippen molar-refractivity contribution >= 4 is 23.5 Å². The average molecular weight is 366 g/mol. The van der Waals surface area contributed by atoms with Crippen molar-refractivity contribution in [3.8, 4) is 5.75 Å². The van der Waals surface area contributed by atoms with Crippen LogP contribution in [0.1, 0.15) is 61.4 Å². The second kappa shape index (κ2) is 7.65. The van der Waals surface area contributed by atoms with Crippen LogP contribution in [0.3, 0.4) is 0 Å². The van der Waals surface area contributed by atoms with Gasteiger partial charge in [0.2, 0.25) is 0 Å². The third kappa shape index (κ3) is 3.76. The molecule has 0 spiro atoms. The molecule has 0 saturated heterocycles. The quantitative estimate of drug-likeness (QED) is 0.770. The van der Waals surface area contributed by atoms with Crippen LogP contribution in [0.2, 0.25) is 5.02 Å². The first kappa shape index (κ1) is 18.1. The number of carboxylic acid groups (broad SMARTS) is 1. The summed E-state index contributed by atoms with van der Waals surface area (Å²) < 4.78 is 5.62. The van der Waals surface area contributed by atoms with E-state index in [2.05, 4.69) is 6.92 Å². The lowest BCUT2D eigenvalue weighted by atomic mass is 9.85. The van der Waals surface area contributed by atoms with Crippen LogP contribution in [0.4, 0.5) is 0 Å². The van der Waals surface area contributed by atoms with Gasteiger partial charge in [-0.25, -0.2) is 0 Å². The van der Waals surface area contributed by atoms with Gasteiger partial charge in [0.25, 0.3) is 5.91 Å². The molecule has 0 radical (unpaired) electrons.